The van der Waals surface area contributed by atoms with Gasteiger partial charge in [-0.25, -0.2) is 4.98 Å². The number of carbonyl (C=O) groups is 1. The normalized spacial score (nSPS) is 17.5. The third kappa shape index (κ3) is 5.63. The average Bonchev–Trinajstić information content (AvgIpc) is 3.22. The highest BCUT2D eigenvalue weighted by Crippen LogP contribution is 2.37. The smallest absolute Gasteiger partial charge is 0.266 e. The van der Waals surface area contributed by atoms with E-state index in [4.69, 9.17) is 17.2 Å². The molecule has 1 aromatic heterocycles. The van der Waals surface area contributed by atoms with Crippen molar-refractivity contribution >= 4 is 57.0 Å². The van der Waals surface area contributed by atoms with Gasteiger partial charge in [-0.2, -0.15) is 0 Å². The number of thiocarbonyl (C=S) groups is 1. The van der Waals surface area contributed by atoms with Gasteiger partial charge in [-0.3, -0.25) is 9.69 Å². The number of anilines is 1. The zero-order valence-electron chi connectivity index (χ0n) is 22.0. The van der Waals surface area contributed by atoms with Gasteiger partial charge in [0.25, 0.3) is 5.91 Å². The molecule has 3 aromatic carbocycles. The molecule has 6 heteroatoms. The molecule has 0 aliphatic carbocycles. The lowest BCUT2D eigenvalue weighted by atomic mass is 9.90. The molecule has 2 aliphatic rings. The summed E-state index contributed by atoms with van der Waals surface area (Å²) < 4.78 is 0.600. The number of aryl methyl sites for hydroxylation is 1. The standard InChI is InChI=1S/C33H31N3OS2/c1-23-9-8-14-27-20-28(21-29-32(37)36(33(38)39-29)22-26-12-6-3-7-13-26)31(34-30(23)27)35-17-15-25(16-18-35)19-24-10-4-2-5-11-24/h2-14,20-21,25H,15-19,22H2,1H3/b29-21-. The third-order valence-electron chi connectivity index (χ3n) is 7.68. The first kappa shape index (κ1) is 25.8. The predicted molar refractivity (Wildman–Crippen MR) is 167 cm³/mol. The molecule has 2 aliphatic heterocycles. The number of amides is 1. The lowest BCUT2D eigenvalue weighted by molar-refractivity contribution is -0.122. The summed E-state index contributed by atoms with van der Waals surface area (Å²) in [5.41, 5.74) is 5.64. The Labute approximate surface area is 239 Å². The molecule has 196 valence electrons. The van der Waals surface area contributed by atoms with Crippen molar-refractivity contribution in [1.29, 1.82) is 0 Å². The molecule has 6 rings (SSSR count). The summed E-state index contributed by atoms with van der Waals surface area (Å²) in [7, 11) is 0. The van der Waals surface area contributed by atoms with Gasteiger partial charge in [0.2, 0.25) is 0 Å². The molecule has 4 aromatic rings. The van der Waals surface area contributed by atoms with Crippen LogP contribution in [-0.2, 0) is 17.8 Å². The van der Waals surface area contributed by atoms with Crippen LogP contribution in [0.4, 0.5) is 5.82 Å². The van der Waals surface area contributed by atoms with Gasteiger partial charge in [0.15, 0.2) is 0 Å². The SMILES string of the molecule is Cc1cccc2cc(/C=C3\SC(=S)N(Cc4ccccc4)C3=O)c(N3CCC(Cc4ccccc4)CC3)nc12. The Bertz CT molecular complexity index is 1540. The Hall–Kier alpha value is -3.48. The molecule has 39 heavy (non-hydrogen) atoms. The van der Waals surface area contributed by atoms with Crippen LogP contribution < -0.4 is 4.90 Å². The van der Waals surface area contributed by atoms with E-state index in [-0.39, 0.29) is 5.91 Å². The number of piperidine rings is 1. The highest BCUT2D eigenvalue weighted by molar-refractivity contribution is 8.26. The van der Waals surface area contributed by atoms with E-state index in [1.807, 2.05) is 36.4 Å². The van der Waals surface area contributed by atoms with Crippen molar-refractivity contribution < 1.29 is 4.79 Å². The quantitative estimate of drug-likeness (QED) is 0.185. The number of pyridine rings is 1. The van der Waals surface area contributed by atoms with E-state index in [0.717, 1.165) is 65.8 Å². The minimum Gasteiger partial charge on any atom is -0.356 e. The molecular weight excluding hydrogens is 519 g/mol. The number of fused-ring (bicyclic) bond motifs is 1. The summed E-state index contributed by atoms with van der Waals surface area (Å²) in [6.45, 7) is 4.51. The second-order valence-electron chi connectivity index (χ2n) is 10.4. The minimum absolute atomic E-state index is 0.0364. The van der Waals surface area contributed by atoms with Crippen LogP contribution in [0.15, 0.2) is 89.8 Å². The summed E-state index contributed by atoms with van der Waals surface area (Å²) in [5, 5.41) is 1.09. The van der Waals surface area contributed by atoms with Crippen molar-refractivity contribution in [3.05, 3.63) is 112 Å². The maximum atomic E-state index is 13.5. The second kappa shape index (κ2) is 11.3. The molecule has 2 saturated heterocycles. The number of nitrogens with zero attached hydrogens (tertiary/aromatic N) is 3. The molecular formula is C33H31N3OS2. The number of rotatable bonds is 6. The molecule has 3 heterocycles. The predicted octanol–water partition coefficient (Wildman–Crippen LogP) is 7.40. The van der Waals surface area contributed by atoms with Crippen molar-refractivity contribution in [1.82, 2.24) is 9.88 Å². The first-order valence-electron chi connectivity index (χ1n) is 13.5. The van der Waals surface area contributed by atoms with Gasteiger partial charge in [0, 0.05) is 24.0 Å². The van der Waals surface area contributed by atoms with Crippen molar-refractivity contribution in [3.63, 3.8) is 0 Å². The van der Waals surface area contributed by atoms with Crippen molar-refractivity contribution in [2.45, 2.75) is 32.7 Å². The molecule has 0 atom stereocenters. The number of benzene rings is 3. The van der Waals surface area contributed by atoms with E-state index < -0.39 is 0 Å². The Morgan fingerprint density at radius 3 is 2.36 bits per heavy atom. The van der Waals surface area contributed by atoms with E-state index in [1.54, 1.807) is 4.90 Å². The van der Waals surface area contributed by atoms with Gasteiger partial charge >= 0.3 is 0 Å². The highest BCUT2D eigenvalue weighted by Gasteiger charge is 2.32. The zero-order valence-corrected chi connectivity index (χ0v) is 23.7. The Kier molecular flexibility index (Phi) is 7.49. The first-order valence-corrected chi connectivity index (χ1v) is 14.8. The van der Waals surface area contributed by atoms with Crippen molar-refractivity contribution in [2.24, 2.45) is 5.92 Å². The summed E-state index contributed by atoms with van der Waals surface area (Å²) in [4.78, 5) is 23.4. The minimum atomic E-state index is -0.0364. The largest absolute Gasteiger partial charge is 0.356 e. The fourth-order valence-electron chi connectivity index (χ4n) is 5.55. The van der Waals surface area contributed by atoms with Crippen LogP contribution in [0.2, 0.25) is 0 Å². The van der Waals surface area contributed by atoms with Gasteiger partial charge in [-0.15, -0.1) is 0 Å². The van der Waals surface area contributed by atoms with Gasteiger partial charge in [0.05, 0.1) is 17.0 Å². The maximum absolute atomic E-state index is 13.5. The highest BCUT2D eigenvalue weighted by atomic mass is 32.2. The first-order chi connectivity index (χ1) is 19.0. The van der Waals surface area contributed by atoms with E-state index >= 15 is 0 Å². The summed E-state index contributed by atoms with van der Waals surface area (Å²) >= 11 is 7.01. The molecule has 0 unspecified atom stereocenters. The average molecular weight is 550 g/mol. The van der Waals surface area contributed by atoms with Crippen LogP contribution in [-0.4, -0.2) is 33.2 Å². The summed E-state index contributed by atoms with van der Waals surface area (Å²) in [6, 6.07) is 29.3. The zero-order chi connectivity index (χ0) is 26.8. The number of aromatic nitrogens is 1. The summed E-state index contributed by atoms with van der Waals surface area (Å²) in [6.07, 6.45) is 5.38. The lowest BCUT2D eigenvalue weighted by Gasteiger charge is -2.34. The van der Waals surface area contributed by atoms with Crippen LogP contribution in [0.1, 0.15) is 35.1 Å². The third-order valence-corrected chi connectivity index (χ3v) is 9.06. The number of hydrogen-bond acceptors (Lipinski definition) is 5. The molecule has 2 fully saturated rings. The molecule has 0 saturated carbocycles. The van der Waals surface area contributed by atoms with E-state index in [2.05, 4.69) is 66.4 Å². The van der Waals surface area contributed by atoms with Crippen molar-refractivity contribution in [2.75, 3.05) is 18.0 Å². The molecule has 4 nitrogen and oxygen atoms in total. The molecule has 0 radical (unpaired) electrons. The fourth-order valence-corrected chi connectivity index (χ4v) is 6.80. The van der Waals surface area contributed by atoms with E-state index in [0.29, 0.717) is 21.7 Å². The molecule has 1 amide bonds. The summed E-state index contributed by atoms with van der Waals surface area (Å²) in [5.74, 6) is 1.59. The molecule has 0 N–H and O–H groups in total. The van der Waals surface area contributed by atoms with Gasteiger partial charge in [-0.05, 0) is 60.9 Å². The van der Waals surface area contributed by atoms with Crippen LogP contribution in [0.25, 0.3) is 17.0 Å². The second-order valence-corrected chi connectivity index (χ2v) is 12.1. The van der Waals surface area contributed by atoms with Crippen LogP contribution >= 0.6 is 24.0 Å². The van der Waals surface area contributed by atoms with Crippen LogP contribution in [0.3, 0.4) is 0 Å². The van der Waals surface area contributed by atoms with Gasteiger partial charge in [0.1, 0.15) is 10.1 Å². The van der Waals surface area contributed by atoms with Crippen LogP contribution in [0.5, 0.6) is 0 Å². The number of carbonyl (C=O) groups excluding carboxylic acids is 1. The number of hydrogen-bond donors (Lipinski definition) is 0. The Morgan fingerprint density at radius 1 is 0.949 bits per heavy atom. The topological polar surface area (TPSA) is 36.4 Å². The monoisotopic (exact) mass is 549 g/mol. The van der Waals surface area contributed by atoms with E-state index in [9.17, 15) is 4.79 Å². The maximum Gasteiger partial charge on any atom is 0.266 e. The number of para-hydroxylation sites is 1. The number of thioether (sulfide) groups is 1. The Morgan fingerprint density at radius 2 is 1.64 bits per heavy atom. The van der Waals surface area contributed by atoms with Crippen molar-refractivity contribution in [3.8, 4) is 0 Å². The van der Waals surface area contributed by atoms with Crippen LogP contribution in [0, 0.1) is 12.8 Å². The van der Waals surface area contributed by atoms with E-state index in [1.165, 1.54) is 17.3 Å². The molecule has 0 bridgehead atoms. The van der Waals surface area contributed by atoms with Gasteiger partial charge < -0.3 is 4.90 Å². The molecule has 0 spiro atoms. The van der Waals surface area contributed by atoms with Gasteiger partial charge in [-0.1, -0.05) is 103 Å². The fraction of sp³-hybridized carbons (Fsp3) is 0.242. The Balaban J connectivity index is 1.28. The lowest BCUT2D eigenvalue weighted by Crippen LogP contribution is -2.35.